The zero-order valence-corrected chi connectivity index (χ0v) is 10.7. The van der Waals surface area contributed by atoms with Gasteiger partial charge in [0.25, 0.3) is 0 Å². The van der Waals surface area contributed by atoms with Crippen LogP contribution in [0, 0.1) is 13.8 Å². The molecule has 96 valence electrons. The first-order chi connectivity index (χ1) is 8.50. The molecule has 0 amide bonds. The first kappa shape index (κ1) is 12.6. The van der Waals surface area contributed by atoms with Crippen molar-refractivity contribution in [2.24, 2.45) is 5.73 Å². The Balaban J connectivity index is 2.38. The summed E-state index contributed by atoms with van der Waals surface area (Å²) in [6.45, 7) is 4.10. The van der Waals surface area contributed by atoms with Gasteiger partial charge in [-0.25, -0.2) is 0 Å². The summed E-state index contributed by atoms with van der Waals surface area (Å²) in [6.07, 6.45) is 0.543. The van der Waals surface area contributed by atoms with Gasteiger partial charge < -0.3 is 15.8 Å². The van der Waals surface area contributed by atoms with Gasteiger partial charge in [-0.15, -0.1) is 0 Å². The van der Waals surface area contributed by atoms with Gasteiger partial charge in [-0.05, 0) is 31.4 Å². The number of aromatic nitrogens is 1. The predicted octanol–water partition coefficient (Wildman–Crippen LogP) is 2.65. The van der Waals surface area contributed by atoms with Crippen molar-refractivity contribution in [3.8, 4) is 0 Å². The normalized spacial score (nSPS) is 12.8. The third-order valence-corrected chi connectivity index (χ3v) is 3.44. The number of nitrogens with one attached hydrogen (secondary N) is 1. The number of H-pyrrole nitrogens is 1. The molecular formula is C14H18N2O2. The highest BCUT2D eigenvalue weighted by Gasteiger charge is 2.14. The summed E-state index contributed by atoms with van der Waals surface area (Å²) >= 11 is 0. The van der Waals surface area contributed by atoms with Crippen molar-refractivity contribution >= 4 is 16.9 Å². The van der Waals surface area contributed by atoms with E-state index >= 15 is 0 Å². The van der Waals surface area contributed by atoms with Crippen molar-refractivity contribution in [2.75, 3.05) is 0 Å². The average molecular weight is 246 g/mol. The minimum atomic E-state index is -0.809. The summed E-state index contributed by atoms with van der Waals surface area (Å²) in [5, 5.41) is 9.87. The van der Waals surface area contributed by atoms with Gasteiger partial charge in [-0.1, -0.05) is 18.2 Å². The van der Waals surface area contributed by atoms with E-state index in [-0.39, 0.29) is 12.5 Å². The molecule has 4 nitrogen and oxygen atoms in total. The maximum atomic E-state index is 10.6. The van der Waals surface area contributed by atoms with Crippen molar-refractivity contribution in [3.63, 3.8) is 0 Å². The van der Waals surface area contributed by atoms with Gasteiger partial charge in [0.15, 0.2) is 0 Å². The number of carbonyl (C=O) groups is 1. The number of benzene rings is 1. The molecule has 1 unspecified atom stereocenters. The van der Waals surface area contributed by atoms with Crippen LogP contribution in [0.2, 0.25) is 0 Å². The molecule has 0 aliphatic heterocycles. The number of aromatic amines is 1. The molecule has 1 heterocycles. The lowest BCUT2D eigenvalue weighted by molar-refractivity contribution is -0.137. The zero-order chi connectivity index (χ0) is 13.3. The van der Waals surface area contributed by atoms with Crippen LogP contribution in [0.4, 0.5) is 0 Å². The molecule has 0 bridgehead atoms. The maximum absolute atomic E-state index is 10.6. The molecule has 0 aliphatic carbocycles. The van der Waals surface area contributed by atoms with Crippen molar-refractivity contribution in [2.45, 2.75) is 32.7 Å². The SMILES string of the molecule is Cc1[nH]c2c(C(N)CCC(=O)O)cccc2c1C. The van der Waals surface area contributed by atoms with E-state index < -0.39 is 5.97 Å². The fourth-order valence-electron chi connectivity index (χ4n) is 2.25. The molecule has 0 spiro atoms. The second kappa shape index (κ2) is 4.82. The van der Waals surface area contributed by atoms with Crippen LogP contribution in [0.5, 0.6) is 0 Å². The lowest BCUT2D eigenvalue weighted by Crippen LogP contribution is -2.12. The Bertz CT molecular complexity index is 587. The number of carboxylic acids is 1. The number of fused-ring (bicyclic) bond motifs is 1. The Morgan fingerprint density at radius 2 is 2.17 bits per heavy atom. The smallest absolute Gasteiger partial charge is 0.303 e. The van der Waals surface area contributed by atoms with Gasteiger partial charge in [0.2, 0.25) is 0 Å². The molecule has 1 aromatic heterocycles. The largest absolute Gasteiger partial charge is 0.481 e. The minimum absolute atomic E-state index is 0.0935. The zero-order valence-electron chi connectivity index (χ0n) is 10.7. The molecule has 2 rings (SSSR count). The summed E-state index contributed by atoms with van der Waals surface area (Å²) in [6, 6.07) is 5.74. The lowest BCUT2D eigenvalue weighted by atomic mass is 9.99. The number of carboxylic acid groups (broad SMARTS) is 1. The van der Waals surface area contributed by atoms with Crippen LogP contribution in [0.3, 0.4) is 0 Å². The number of hydrogen-bond acceptors (Lipinski definition) is 2. The number of aryl methyl sites for hydroxylation is 2. The summed E-state index contributed by atoms with van der Waals surface area (Å²) < 4.78 is 0. The minimum Gasteiger partial charge on any atom is -0.481 e. The molecule has 0 radical (unpaired) electrons. The maximum Gasteiger partial charge on any atom is 0.303 e. The van der Waals surface area contributed by atoms with E-state index in [0.717, 1.165) is 22.2 Å². The lowest BCUT2D eigenvalue weighted by Gasteiger charge is -2.12. The van der Waals surface area contributed by atoms with Gasteiger partial charge in [0.1, 0.15) is 0 Å². The van der Waals surface area contributed by atoms with Crippen LogP contribution in [0.15, 0.2) is 18.2 Å². The van der Waals surface area contributed by atoms with E-state index in [1.807, 2.05) is 19.1 Å². The van der Waals surface area contributed by atoms with E-state index in [1.54, 1.807) is 0 Å². The Morgan fingerprint density at radius 1 is 1.44 bits per heavy atom. The molecule has 0 fully saturated rings. The molecule has 1 aromatic carbocycles. The molecule has 18 heavy (non-hydrogen) atoms. The summed E-state index contributed by atoms with van der Waals surface area (Å²) in [7, 11) is 0. The highest BCUT2D eigenvalue weighted by atomic mass is 16.4. The van der Waals surface area contributed by atoms with Crippen molar-refractivity contribution < 1.29 is 9.90 Å². The van der Waals surface area contributed by atoms with Crippen LogP contribution in [-0.2, 0) is 4.79 Å². The number of rotatable bonds is 4. The molecule has 0 saturated heterocycles. The molecule has 0 saturated carbocycles. The Morgan fingerprint density at radius 3 is 2.83 bits per heavy atom. The molecule has 0 aliphatic rings. The van der Waals surface area contributed by atoms with Crippen LogP contribution < -0.4 is 5.73 Å². The highest BCUT2D eigenvalue weighted by molar-refractivity contribution is 5.87. The van der Waals surface area contributed by atoms with Crippen LogP contribution in [0.1, 0.15) is 35.7 Å². The third kappa shape index (κ3) is 2.24. The van der Waals surface area contributed by atoms with Crippen LogP contribution in [-0.4, -0.2) is 16.1 Å². The van der Waals surface area contributed by atoms with Crippen LogP contribution >= 0.6 is 0 Å². The fourth-order valence-corrected chi connectivity index (χ4v) is 2.25. The van der Waals surface area contributed by atoms with Gasteiger partial charge in [-0.2, -0.15) is 0 Å². The van der Waals surface area contributed by atoms with E-state index in [4.69, 9.17) is 10.8 Å². The van der Waals surface area contributed by atoms with E-state index in [0.29, 0.717) is 6.42 Å². The van der Waals surface area contributed by atoms with E-state index in [1.165, 1.54) is 5.56 Å². The average Bonchev–Trinajstić information content (AvgIpc) is 2.62. The predicted molar refractivity (Wildman–Crippen MR) is 71.6 cm³/mol. The van der Waals surface area contributed by atoms with Gasteiger partial charge in [0, 0.05) is 23.5 Å². The summed E-state index contributed by atoms with van der Waals surface area (Å²) in [4.78, 5) is 13.9. The van der Waals surface area contributed by atoms with Crippen molar-refractivity contribution in [1.29, 1.82) is 0 Å². The molecule has 4 N–H and O–H groups in total. The second-order valence-electron chi connectivity index (χ2n) is 4.68. The second-order valence-corrected chi connectivity index (χ2v) is 4.68. The Kier molecular flexibility index (Phi) is 3.39. The first-order valence-corrected chi connectivity index (χ1v) is 6.06. The quantitative estimate of drug-likeness (QED) is 0.776. The van der Waals surface area contributed by atoms with Gasteiger partial charge in [0.05, 0.1) is 5.52 Å². The molecule has 1 atom stereocenters. The monoisotopic (exact) mass is 246 g/mol. The van der Waals surface area contributed by atoms with Gasteiger partial charge >= 0.3 is 5.97 Å². The van der Waals surface area contributed by atoms with E-state index in [2.05, 4.69) is 18.0 Å². The summed E-state index contributed by atoms with van der Waals surface area (Å²) in [5.74, 6) is -0.809. The van der Waals surface area contributed by atoms with Crippen LogP contribution in [0.25, 0.3) is 10.9 Å². The number of hydrogen-bond donors (Lipinski definition) is 3. The molecular weight excluding hydrogens is 228 g/mol. The highest BCUT2D eigenvalue weighted by Crippen LogP contribution is 2.28. The summed E-state index contributed by atoms with van der Waals surface area (Å²) in [5.41, 5.74) is 10.5. The van der Waals surface area contributed by atoms with Crippen molar-refractivity contribution in [1.82, 2.24) is 4.98 Å². The molecule has 4 heteroatoms. The van der Waals surface area contributed by atoms with Gasteiger partial charge in [-0.3, -0.25) is 4.79 Å². The fraction of sp³-hybridized carbons (Fsp3) is 0.357. The third-order valence-electron chi connectivity index (χ3n) is 3.44. The first-order valence-electron chi connectivity index (χ1n) is 6.06. The van der Waals surface area contributed by atoms with Crippen molar-refractivity contribution in [3.05, 3.63) is 35.0 Å². The number of nitrogens with two attached hydrogens (primary N) is 1. The Labute approximate surface area is 106 Å². The standard InChI is InChI=1S/C14H18N2O2/c1-8-9(2)16-14-10(8)4-3-5-11(14)12(15)6-7-13(17)18/h3-5,12,16H,6-7,15H2,1-2H3,(H,17,18). The molecule has 2 aromatic rings. The Hall–Kier alpha value is -1.81. The topological polar surface area (TPSA) is 79.1 Å². The number of para-hydroxylation sites is 1. The van der Waals surface area contributed by atoms with E-state index in [9.17, 15) is 4.79 Å². The number of aliphatic carboxylic acids is 1.